The van der Waals surface area contributed by atoms with Gasteiger partial charge in [-0.2, -0.15) is 0 Å². The van der Waals surface area contributed by atoms with Crippen LogP contribution in [0.2, 0.25) is 0 Å². The van der Waals surface area contributed by atoms with E-state index in [9.17, 15) is 8.42 Å². The summed E-state index contributed by atoms with van der Waals surface area (Å²) in [5.74, 6) is -0.833. The summed E-state index contributed by atoms with van der Waals surface area (Å²) < 4.78 is 38.7. The van der Waals surface area contributed by atoms with Crippen molar-refractivity contribution in [3.05, 3.63) is 52.8 Å². The Morgan fingerprint density at radius 2 is 1.82 bits per heavy atom. The lowest BCUT2D eigenvalue weighted by atomic mass is 10.1. The van der Waals surface area contributed by atoms with Gasteiger partial charge in [0.15, 0.2) is 5.79 Å². The van der Waals surface area contributed by atoms with Crippen molar-refractivity contribution in [2.75, 3.05) is 13.2 Å². The molecule has 0 atom stereocenters. The topological polar surface area (TPSA) is 57.5 Å². The van der Waals surface area contributed by atoms with Gasteiger partial charge in [-0.25, -0.2) is 12.4 Å². The van der Waals surface area contributed by atoms with E-state index in [0.717, 1.165) is 4.47 Å². The fraction of sp³-hybridized carbons (Fsp3) is 0.333. The highest BCUT2D eigenvalue weighted by molar-refractivity contribution is 9.10. The molecule has 0 amide bonds. The summed E-state index contributed by atoms with van der Waals surface area (Å²) in [6.07, 6.45) is 3.71. The number of halogens is 1. The van der Waals surface area contributed by atoms with Crippen LogP contribution in [0.4, 0.5) is 0 Å². The number of hydrogen-bond acceptors (Lipinski definition) is 4. The van der Waals surface area contributed by atoms with Crippen molar-refractivity contribution < 1.29 is 17.9 Å². The van der Waals surface area contributed by atoms with E-state index in [-0.39, 0.29) is 4.90 Å². The van der Waals surface area contributed by atoms with Gasteiger partial charge in [-0.15, -0.1) is 0 Å². The van der Waals surface area contributed by atoms with Crippen molar-refractivity contribution in [3.8, 4) is 0 Å². The highest BCUT2D eigenvalue weighted by atomic mass is 79.9. The Morgan fingerprint density at radius 3 is 2.41 bits per heavy atom. The monoisotopic (exact) mass is 385 g/mol. The van der Waals surface area contributed by atoms with Gasteiger partial charge in [0.1, 0.15) is 0 Å². The van der Waals surface area contributed by atoms with Crippen molar-refractivity contribution in [3.63, 3.8) is 0 Å². The summed E-state index contributed by atoms with van der Waals surface area (Å²) in [7, 11) is -3.61. The fourth-order valence-corrected chi connectivity index (χ4v) is 3.97. The molecule has 1 aliphatic heterocycles. The van der Waals surface area contributed by atoms with Gasteiger partial charge in [0.2, 0.25) is 0 Å². The second-order valence-electron chi connectivity index (χ2n) is 4.99. The van der Waals surface area contributed by atoms with Gasteiger partial charge in [0.25, 0.3) is 10.0 Å². The molecule has 0 radical (unpaired) electrons. The van der Waals surface area contributed by atoms with Crippen molar-refractivity contribution in [2.45, 2.75) is 24.0 Å². The summed E-state index contributed by atoms with van der Waals surface area (Å²) in [4.78, 5) is 0.233. The second-order valence-corrected chi connectivity index (χ2v) is 7.75. The van der Waals surface area contributed by atoms with Gasteiger partial charge < -0.3 is 9.47 Å². The van der Waals surface area contributed by atoms with Crippen molar-refractivity contribution in [1.82, 2.24) is 3.97 Å². The second kappa shape index (κ2) is 5.81. The lowest BCUT2D eigenvalue weighted by Gasteiger charge is -2.24. The van der Waals surface area contributed by atoms with E-state index in [0.29, 0.717) is 25.2 Å². The van der Waals surface area contributed by atoms with E-state index in [1.54, 1.807) is 36.5 Å². The van der Waals surface area contributed by atoms with Gasteiger partial charge in [0.05, 0.1) is 18.1 Å². The first kappa shape index (κ1) is 15.7. The quantitative estimate of drug-likeness (QED) is 0.811. The van der Waals surface area contributed by atoms with Crippen LogP contribution < -0.4 is 0 Å². The molecule has 0 unspecified atom stereocenters. The minimum absolute atomic E-state index is 0.233. The molecule has 118 valence electrons. The first-order valence-corrected chi connectivity index (χ1v) is 9.19. The van der Waals surface area contributed by atoms with Gasteiger partial charge in [-0.3, -0.25) is 0 Å². The van der Waals surface area contributed by atoms with Crippen molar-refractivity contribution in [1.29, 1.82) is 0 Å². The minimum Gasteiger partial charge on any atom is -0.343 e. The standard InChI is InChI=1S/C15H16BrNO4S/c1-2-15(20-9-10-21-15)12-7-8-17(11-12)22(18,19)14-5-3-13(16)4-6-14/h3-8,11H,2,9-10H2,1H3. The predicted octanol–water partition coefficient (Wildman–Crippen LogP) is 3.10. The van der Waals surface area contributed by atoms with Gasteiger partial charge in [-0.05, 0) is 30.3 Å². The van der Waals surface area contributed by atoms with Crippen LogP contribution in [-0.4, -0.2) is 25.6 Å². The van der Waals surface area contributed by atoms with Crippen LogP contribution in [0.1, 0.15) is 18.9 Å². The molecule has 3 rings (SSSR count). The van der Waals surface area contributed by atoms with E-state index in [1.165, 1.54) is 10.2 Å². The summed E-state index contributed by atoms with van der Waals surface area (Å²) in [5.41, 5.74) is 0.716. The summed E-state index contributed by atoms with van der Waals surface area (Å²) in [6.45, 7) is 2.98. The zero-order valence-corrected chi connectivity index (χ0v) is 14.4. The van der Waals surface area contributed by atoms with Crippen LogP contribution in [0.3, 0.4) is 0 Å². The van der Waals surface area contributed by atoms with E-state index < -0.39 is 15.8 Å². The lowest BCUT2D eigenvalue weighted by Crippen LogP contribution is -2.25. The highest BCUT2D eigenvalue weighted by Crippen LogP contribution is 2.35. The predicted molar refractivity (Wildman–Crippen MR) is 85.0 cm³/mol. The van der Waals surface area contributed by atoms with Crippen LogP contribution in [-0.2, 0) is 25.3 Å². The van der Waals surface area contributed by atoms with E-state index in [1.807, 2.05) is 6.92 Å². The summed E-state index contributed by atoms with van der Waals surface area (Å²) in [6, 6.07) is 8.27. The molecule has 0 saturated carbocycles. The molecule has 0 N–H and O–H groups in total. The molecular formula is C15H16BrNO4S. The molecule has 22 heavy (non-hydrogen) atoms. The van der Waals surface area contributed by atoms with Gasteiger partial charge >= 0.3 is 0 Å². The normalized spacial score (nSPS) is 17.7. The SMILES string of the molecule is CCC1(c2ccn(S(=O)(=O)c3ccc(Br)cc3)c2)OCCO1. The number of rotatable bonds is 4. The Balaban J connectivity index is 1.98. The van der Waals surface area contributed by atoms with Crippen LogP contribution in [0.25, 0.3) is 0 Å². The molecule has 1 aliphatic rings. The number of ether oxygens (including phenoxy) is 2. The molecule has 0 spiro atoms. The largest absolute Gasteiger partial charge is 0.343 e. The van der Waals surface area contributed by atoms with Crippen LogP contribution in [0, 0.1) is 0 Å². The molecule has 0 bridgehead atoms. The maximum Gasteiger partial charge on any atom is 0.267 e. The molecule has 5 nitrogen and oxygen atoms in total. The summed E-state index contributed by atoms with van der Waals surface area (Å²) >= 11 is 3.30. The average Bonchev–Trinajstić information content (AvgIpc) is 3.18. The van der Waals surface area contributed by atoms with E-state index in [4.69, 9.17) is 9.47 Å². The molecule has 1 saturated heterocycles. The molecule has 1 aromatic carbocycles. The molecular weight excluding hydrogens is 370 g/mol. The first-order valence-electron chi connectivity index (χ1n) is 6.95. The third-order valence-electron chi connectivity index (χ3n) is 3.72. The number of aromatic nitrogens is 1. The fourth-order valence-electron chi connectivity index (χ4n) is 2.51. The molecule has 1 aromatic heterocycles. The summed E-state index contributed by atoms with van der Waals surface area (Å²) in [5, 5.41) is 0. The van der Waals surface area contributed by atoms with E-state index >= 15 is 0 Å². The number of nitrogens with zero attached hydrogens (tertiary/aromatic N) is 1. The molecule has 1 fully saturated rings. The highest BCUT2D eigenvalue weighted by Gasteiger charge is 2.38. The Labute approximate surface area is 138 Å². The van der Waals surface area contributed by atoms with Crippen molar-refractivity contribution in [2.24, 2.45) is 0 Å². The molecule has 2 heterocycles. The molecule has 2 aromatic rings. The Bertz CT molecular complexity index is 761. The first-order chi connectivity index (χ1) is 10.5. The van der Waals surface area contributed by atoms with Crippen LogP contribution in [0.5, 0.6) is 0 Å². The maximum absolute atomic E-state index is 12.6. The number of benzene rings is 1. The van der Waals surface area contributed by atoms with Gasteiger partial charge in [-0.1, -0.05) is 22.9 Å². The minimum atomic E-state index is -3.61. The average molecular weight is 386 g/mol. The zero-order valence-electron chi connectivity index (χ0n) is 12.0. The van der Waals surface area contributed by atoms with Crippen molar-refractivity contribution >= 4 is 26.0 Å². The Hall–Kier alpha value is -1.15. The Morgan fingerprint density at radius 1 is 1.18 bits per heavy atom. The van der Waals surface area contributed by atoms with Crippen LogP contribution in [0.15, 0.2) is 52.1 Å². The molecule has 7 heteroatoms. The number of hydrogen-bond donors (Lipinski definition) is 0. The zero-order chi connectivity index (χ0) is 15.8. The Kier molecular flexibility index (Phi) is 4.15. The van der Waals surface area contributed by atoms with E-state index in [2.05, 4.69) is 15.9 Å². The molecule has 0 aliphatic carbocycles. The smallest absolute Gasteiger partial charge is 0.267 e. The maximum atomic E-state index is 12.6. The van der Waals surface area contributed by atoms with Crippen LogP contribution >= 0.6 is 15.9 Å². The third-order valence-corrected chi connectivity index (χ3v) is 5.89. The third kappa shape index (κ3) is 2.62. The lowest BCUT2D eigenvalue weighted by molar-refractivity contribution is -0.167. The van der Waals surface area contributed by atoms with Gasteiger partial charge in [0, 0.05) is 28.9 Å².